The van der Waals surface area contributed by atoms with E-state index in [-0.39, 0.29) is 0 Å². The van der Waals surface area contributed by atoms with Crippen LogP contribution in [0.1, 0.15) is 11.1 Å². The number of ether oxygens (including phenoxy) is 3. The molecule has 140 valence electrons. The van der Waals surface area contributed by atoms with Gasteiger partial charge in [-0.15, -0.1) is 0 Å². The Labute approximate surface area is 160 Å². The molecule has 4 heteroatoms. The van der Waals surface area contributed by atoms with Crippen LogP contribution in [-0.4, -0.2) is 20.3 Å². The molecule has 0 amide bonds. The molecule has 0 heterocycles. The summed E-state index contributed by atoms with van der Waals surface area (Å²) in [6.07, 6.45) is 0. The molecule has 27 heavy (non-hydrogen) atoms. The number of hydrogen-bond donors (Lipinski definition) is 1. The Balaban J connectivity index is 1.51. The van der Waals surface area contributed by atoms with Crippen LogP contribution < -0.4 is 14.8 Å². The highest BCUT2D eigenvalue weighted by atomic mass is 16.5. The highest BCUT2D eigenvalue weighted by molar-refractivity contribution is 5.48. The first-order valence-electron chi connectivity index (χ1n) is 9.05. The molecule has 4 nitrogen and oxygen atoms in total. The van der Waals surface area contributed by atoms with Gasteiger partial charge in [0.1, 0.15) is 24.7 Å². The molecule has 3 aromatic carbocycles. The molecule has 0 unspecified atom stereocenters. The molecule has 0 fully saturated rings. The van der Waals surface area contributed by atoms with Crippen molar-refractivity contribution in [2.75, 3.05) is 25.6 Å². The summed E-state index contributed by atoms with van der Waals surface area (Å²) in [5, 5.41) is 3.43. The Kier molecular flexibility index (Phi) is 7.13. The number of nitrogens with one attached hydrogen (secondary N) is 1. The van der Waals surface area contributed by atoms with Gasteiger partial charge >= 0.3 is 0 Å². The van der Waals surface area contributed by atoms with Crippen LogP contribution in [0.15, 0.2) is 78.9 Å². The second-order valence-corrected chi connectivity index (χ2v) is 6.10. The zero-order chi connectivity index (χ0) is 18.7. The van der Waals surface area contributed by atoms with E-state index in [2.05, 4.69) is 23.5 Å². The fraction of sp³-hybridized carbons (Fsp3) is 0.217. The van der Waals surface area contributed by atoms with E-state index in [4.69, 9.17) is 14.2 Å². The third-order valence-corrected chi connectivity index (χ3v) is 4.10. The van der Waals surface area contributed by atoms with E-state index in [0.717, 1.165) is 28.3 Å². The van der Waals surface area contributed by atoms with Gasteiger partial charge in [-0.3, -0.25) is 0 Å². The van der Waals surface area contributed by atoms with Gasteiger partial charge in [-0.25, -0.2) is 0 Å². The molecular weight excluding hydrogens is 338 g/mol. The summed E-state index contributed by atoms with van der Waals surface area (Å²) in [6, 6.07) is 26.2. The van der Waals surface area contributed by atoms with E-state index in [1.807, 2.05) is 60.7 Å². The summed E-state index contributed by atoms with van der Waals surface area (Å²) in [4.78, 5) is 0. The van der Waals surface area contributed by atoms with E-state index >= 15 is 0 Å². The van der Waals surface area contributed by atoms with Gasteiger partial charge in [0.2, 0.25) is 0 Å². The van der Waals surface area contributed by atoms with Crippen molar-refractivity contribution in [1.29, 1.82) is 0 Å². The Morgan fingerprint density at radius 2 is 1.48 bits per heavy atom. The highest BCUT2D eigenvalue weighted by Crippen LogP contribution is 2.21. The van der Waals surface area contributed by atoms with E-state index < -0.39 is 0 Å². The SMILES string of the molecule is COCCOc1ccccc1CNc1ccc(OCc2ccccc2)cc1. The minimum Gasteiger partial charge on any atom is -0.491 e. The molecule has 0 atom stereocenters. The zero-order valence-corrected chi connectivity index (χ0v) is 15.6. The van der Waals surface area contributed by atoms with Gasteiger partial charge in [0, 0.05) is 24.9 Å². The van der Waals surface area contributed by atoms with Crippen molar-refractivity contribution >= 4 is 5.69 Å². The van der Waals surface area contributed by atoms with Crippen LogP contribution >= 0.6 is 0 Å². The average Bonchev–Trinajstić information content (AvgIpc) is 2.73. The lowest BCUT2D eigenvalue weighted by molar-refractivity contribution is 0.146. The Morgan fingerprint density at radius 1 is 0.741 bits per heavy atom. The number of benzene rings is 3. The third kappa shape index (κ3) is 6.04. The van der Waals surface area contributed by atoms with Crippen molar-refractivity contribution in [1.82, 2.24) is 0 Å². The summed E-state index contributed by atoms with van der Waals surface area (Å²) in [7, 11) is 1.67. The molecule has 0 bridgehead atoms. The predicted molar refractivity (Wildman–Crippen MR) is 108 cm³/mol. The van der Waals surface area contributed by atoms with Crippen molar-refractivity contribution in [3.05, 3.63) is 90.0 Å². The van der Waals surface area contributed by atoms with Crippen molar-refractivity contribution in [3.8, 4) is 11.5 Å². The maximum atomic E-state index is 5.82. The van der Waals surface area contributed by atoms with Crippen LogP contribution in [-0.2, 0) is 17.9 Å². The fourth-order valence-electron chi connectivity index (χ4n) is 2.63. The lowest BCUT2D eigenvalue weighted by Crippen LogP contribution is -2.07. The first-order valence-corrected chi connectivity index (χ1v) is 9.05. The minimum absolute atomic E-state index is 0.543. The van der Waals surface area contributed by atoms with Crippen LogP contribution in [0.5, 0.6) is 11.5 Å². The van der Waals surface area contributed by atoms with Gasteiger partial charge < -0.3 is 19.5 Å². The van der Waals surface area contributed by atoms with Gasteiger partial charge in [0.25, 0.3) is 0 Å². The Bertz CT molecular complexity index is 803. The lowest BCUT2D eigenvalue weighted by Gasteiger charge is -2.13. The number of anilines is 1. The zero-order valence-electron chi connectivity index (χ0n) is 15.6. The van der Waals surface area contributed by atoms with E-state index in [9.17, 15) is 0 Å². The van der Waals surface area contributed by atoms with Crippen molar-refractivity contribution in [2.24, 2.45) is 0 Å². The second-order valence-electron chi connectivity index (χ2n) is 6.10. The van der Waals surface area contributed by atoms with Gasteiger partial charge in [0.15, 0.2) is 0 Å². The molecule has 0 saturated carbocycles. The topological polar surface area (TPSA) is 39.7 Å². The van der Waals surface area contributed by atoms with Gasteiger partial charge in [-0.1, -0.05) is 48.5 Å². The first kappa shape index (κ1) is 18.8. The second kappa shape index (κ2) is 10.2. The molecule has 3 rings (SSSR count). The predicted octanol–water partition coefficient (Wildman–Crippen LogP) is 4.90. The number of rotatable bonds is 10. The number of para-hydroxylation sites is 1. The fourth-order valence-corrected chi connectivity index (χ4v) is 2.63. The van der Waals surface area contributed by atoms with Crippen LogP contribution in [0.3, 0.4) is 0 Å². The number of hydrogen-bond acceptors (Lipinski definition) is 4. The summed E-state index contributed by atoms with van der Waals surface area (Å²) in [6.45, 7) is 2.38. The van der Waals surface area contributed by atoms with E-state index in [0.29, 0.717) is 26.4 Å². The Hall–Kier alpha value is -2.98. The molecule has 0 aliphatic carbocycles. The molecule has 0 aliphatic rings. The quantitative estimate of drug-likeness (QED) is 0.520. The normalized spacial score (nSPS) is 10.4. The van der Waals surface area contributed by atoms with Crippen LogP contribution in [0.25, 0.3) is 0 Å². The molecular formula is C23H25NO3. The molecule has 0 saturated heterocycles. The molecule has 1 N–H and O–H groups in total. The van der Waals surface area contributed by atoms with Crippen LogP contribution in [0.4, 0.5) is 5.69 Å². The maximum absolute atomic E-state index is 5.82. The monoisotopic (exact) mass is 363 g/mol. The van der Waals surface area contributed by atoms with E-state index in [1.165, 1.54) is 0 Å². The van der Waals surface area contributed by atoms with Crippen molar-refractivity contribution < 1.29 is 14.2 Å². The number of methoxy groups -OCH3 is 1. The van der Waals surface area contributed by atoms with Crippen LogP contribution in [0.2, 0.25) is 0 Å². The van der Waals surface area contributed by atoms with Gasteiger partial charge in [-0.2, -0.15) is 0 Å². The summed E-state index contributed by atoms with van der Waals surface area (Å²) in [5.41, 5.74) is 3.30. The molecule has 0 spiro atoms. The third-order valence-electron chi connectivity index (χ3n) is 4.10. The van der Waals surface area contributed by atoms with Crippen molar-refractivity contribution in [3.63, 3.8) is 0 Å². The van der Waals surface area contributed by atoms with Gasteiger partial charge in [-0.05, 0) is 35.9 Å². The summed E-state index contributed by atoms with van der Waals surface area (Å²) < 4.78 is 16.6. The van der Waals surface area contributed by atoms with E-state index in [1.54, 1.807) is 7.11 Å². The smallest absolute Gasteiger partial charge is 0.124 e. The largest absolute Gasteiger partial charge is 0.491 e. The molecule has 0 aliphatic heterocycles. The Morgan fingerprint density at radius 3 is 2.26 bits per heavy atom. The minimum atomic E-state index is 0.543. The highest BCUT2D eigenvalue weighted by Gasteiger charge is 2.03. The standard InChI is InChI=1S/C23H25NO3/c1-25-15-16-26-23-10-6-5-9-20(23)17-24-21-11-13-22(14-12-21)27-18-19-7-3-2-4-8-19/h2-14,24H,15-18H2,1H3. The molecule has 3 aromatic rings. The lowest BCUT2D eigenvalue weighted by atomic mass is 10.2. The molecule has 0 aromatic heterocycles. The summed E-state index contributed by atoms with van der Waals surface area (Å²) in [5.74, 6) is 1.73. The molecule has 0 radical (unpaired) electrons. The first-order chi connectivity index (χ1) is 13.3. The van der Waals surface area contributed by atoms with Crippen molar-refractivity contribution in [2.45, 2.75) is 13.2 Å². The average molecular weight is 363 g/mol. The van der Waals surface area contributed by atoms with Gasteiger partial charge in [0.05, 0.1) is 6.61 Å². The van der Waals surface area contributed by atoms with Crippen LogP contribution in [0, 0.1) is 0 Å². The maximum Gasteiger partial charge on any atom is 0.124 e. The summed E-state index contributed by atoms with van der Waals surface area (Å²) >= 11 is 0.